The van der Waals surface area contributed by atoms with Gasteiger partial charge in [-0.15, -0.1) is 0 Å². The fourth-order valence-corrected chi connectivity index (χ4v) is 3.84. The van der Waals surface area contributed by atoms with Crippen LogP contribution in [0.3, 0.4) is 0 Å². The predicted octanol–water partition coefficient (Wildman–Crippen LogP) is 3.72. The summed E-state index contributed by atoms with van der Waals surface area (Å²) in [6.45, 7) is 6.03. The molecular formula is C19H25FN4O. The predicted molar refractivity (Wildman–Crippen MR) is 95.0 cm³/mol. The van der Waals surface area contributed by atoms with Crippen molar-refractivity contribution in [1.82, 2.24) is 15.2 Å². The lowest BCUT2D eigenvalue weighted by atomic mass is 9.76. The smallest absolute Gasteiger partial charge is 0.215 e. The van der Waals surface area contributed by atoms with E-state index in [0.29, 0.717) is 5.82 Å². The molecule has 0 saturated carbocycles. The molecule has 3 heterocycles. The van der Waals surface area contributed by atoms with Crippen molar-refractivity contribution in [3.8, 4) is 11.3 Å². The molecule has 0 spiro atoms. The van der Waals surface area contributed by atoms with E-state index in [-0.39, 0.29) is 11.5 Å². The highest BCUT2D eigenvalue weighted by atomic mass is 19.1. The van der Waals surface area contributed by atoms with Crippen LogP contribution < -0.4 is 5.32 Å². The van der Waals surface area contributed by atoms with Crippen LogP contribution in [-0.2, 0) is 17.6 Å². The molecule has 2 N–H and O–H groups in total. The van der Waals surface area contributed by atoms with Crippen LogP contribution in [-0.4, -0.2) is 34.4 Å². The molecule has 134 valence electrons. The van der Waals surface area contributed by atoms with Gasteiger partial charge in [-0.25, -0.2) is 4.98 Å². The van der Waals surface area contributed by atoms with Gasteiger partial charge in [0.05, 0.1) is 5.69 Å². The molecule has 0 unspecified atom stereocenters. The minimum Gasteiger partial charge on any atom is -0.381 e. The van der Waals surface area contributed by atoms with E-state index in [2.05, 4.69) is 34.3 Å². The Hall–Kier alpha value is -1.95. The maximum atomic E-state index is 14.1. The first-order chi connectivity index (χ1) is 12.0. The van der Waals surface area contributed by atoms with Crippen LogP contribution in [0.4, 0.5) is 10.2 Å². The molecule has 5 nitrogen and oxygen atoms in total. The lowest BCUT2D eigenvalue weighted by molar-refractivity contribution is 0.0904. The van der Waals surface area contributed by atoms with Gasteiger partial charge in [-0.05, 0) is 43.6 Å². The lowest BCUT2D eigenvalue weighted by Crippen LogP contribution is -2.28. The van der Waals surface area contributed by atoms with Gasteiger partial charge in [-0.1, -0.05) is 13.8 Å². The van der Waals surface area contributed by atoms with Crippen molar-refractivity contribution < 1.29 is 9.13 Å². The second kappa shape index (κ2) is 6.41. The Bertz CT molecular complexity index is 765. The van der Waals surface area contributed by atoms with E-state index in [4.69, 9.17) is 4.74 Å². The number of pyridine rings is 1. The number of hydrogen-bond donors (Lipinski definition) is 2. The third-order valence-electron chi connectivity index (χ3n) is 5.30. The van der Waals surface area contributed by atoms with Crippen molar-refractivity contribution in [2.24, 2.45) is 5.41 Å². The standard InChI is InChI=1S/C19H25FN4O/c1-19(2)6-3-14-15(11-19)23-24-18(14)12-9-16(20)22-17(10-12)21-13-4-7-25-8-5-13/h9-10,13H,3-8,11H2,1-2H3,(H,21,22)(H,23,24). The second-order valence-corrected chi connectivity index (χ2v) is 7.97. The fourth-order valence-electron chi connectivity index (χ4n) is 3.84. The molecule has 2 aromatic heterocycles. The number of hydrogen-bond acceptors (Lipinski definition) is 4. The van der Waals surface area contributed by atoms with Gasteiger partial charge in [-0.3, -0.25) is 5.10 Å². The van der Waals surface area contributed by atoms with Crippen LogP contribution in [0, 0.1) is 11.4 Å². The molecule has 4 rings (SSSR count). The highest BCUT2D eigenvalue weighted by Crippen LogP contribution is 2.38. The van der Waals surface area contributed by atoms with Gasteiger partial charge in [0.25, 0.3) is 0 Å². The SMILES string of the molecule is CC1(C)CCc2c(-c3cc(F)nc(NC4CCOCC4)c3)n[nH]c2C1. The minimum absolute atomic E-state index is 0.282. The fraction of sp³-hybridized carbons (Fsp3) is 0.579. The van der Waals surface area contributed by atoms with Crippen LogP contribution in [0.5, 0.6) is 0 Å². The largest absolute Gasteiger partial charge is 0.381 e. The first kappa shape index (κ1) is 16.5. The summed E-state index contributed by atoms with van der Waals surface area (Å²) in [7, 11) is 0. The van der Waals surface area contributed by atoms with Crippen molar-refractivity contribution in [1.29, 1.82) is 0 Å². The van der Waals surface area contributed by atoms with Gasteiger partial charge in [0.15, 0.2) is 0 Å². The zero-order valence-corrected chi connectivity index (χ0v) is 14.9. The first-order valence-corrected chi connectivity index (χ1v) is 9.08. The molecule has 2 aliphatic rings. The molecule has 0 atom stereocenters. The number of H-pyrrole nitrogens is 1. The van der Waals surface area contributed by atoms with Crippen molar-refractivity contribution in [2.45, 2.75) is 52.0 Å². The van der Waals surface area contributed by atoms with E-state index in [1.165, 1.54) is 17.3 Å². The van der Waals surface area contributed by atoms with Gasteiger partial charge >= 0.3 is 0 Å². The summed E-state index contributed by atoms with van der Waals surface area (Å²) >= 11 is 0. The Morgan fingerprint density at radius 3 is 2.88 bits per heavy atom. The van der Waals surface area contributed by atoms with Crippen LogP contribution in [0.15, 0.2) is 12.1 Å². The molecule has 0 bridgehead atoms. The summed E-state index contributed by atoms with van der Waals surface area (Å²) < 4.78 is 19.5. The highest BCUT2D eigenvalue weighted by Gasteiger charge is 2.29. The molecule has 1 fully saturated rings. The number of anilines is 1. The highest BCUT2D eigenvalue weighted by molar-refractivity contribution is 5.67. The van der Waals surface area contributed by atoms with Gasteiger partial charge in [0, 0.05) is 42.1 Å². The molecule has 6 heteroatoms. The molecule has 0 radical (unpaired) electrons. The summed E-state index contributed by atoms with van der Waals surface area (Å²) in [6.07, 6.45) is 4.91. The normalized spacial score (nSPS) is 20.3. The van der Waals surface area contributed by atoms with Crippen LogP contribution in [0.1, 0.15) is 44.4 Å². The van der Waals surface area contributed by atoms with Crippen molar-refractivity contribution in [3.63, 3.8) is 0 Å². The maximum Gasteiger partial charge on any atom is 0.215 e. The number of aromatic amines is 1. The first-order valence-electron chi connectivity index (χ1n) is 9.08. The molecule has 25 heavy (non-hydrogen) atoms. The van der Waals surface area contributed by atoms with E-state index in [1.807, 2.05) is 6.07 Å². The lowest BCUT2D eigenvalue weighted by Gasteiger charge is -2.29. The maximum absolute atomic E-state index is 14.1. The Morgan fingerprint density at radius 2 is 2.08 bits per heavy atom. The number of halogens is 1. The van der Waals surface area contributed by atoms with Crippen LogP contribution in [0.2, 0.25) is 0 Å². The zero-order chi connectivity index (χ0) is 17.4. The van der Waals surface area contributed by atoms with Gasteiger partial charge in [0.1, 0.15) is 5.82 Å². The quantitative estimate of drug-likeness (QED) is 0.833. The summed E-state index contributed by atoms with van der Waals surface area (Å²) in [5.74, 6) is 0.106. The van der Waals surface area contributed by atoms with Crippen molar-refractivity contribution in [2.75, 3.05) is 18.5 Å². The number of fused-ring (bicyclic) bond motifs is 1. The number of nitrogens with zero attached hydrogens (tertiary/aromatic N) is 2. The summed E-state index contributed by atoms with van der Waals surface area (Å²) in [5, 5.41) is 11.0. The van der Waals surface area contributed by atoms with Gasteiger partial charge in [-0.2, -0.15) is 9.49 Å². The van der Waals surface area contributed by atoms with Crippen molar-refractivity contribution >= 4 is 5.82 Å². The molecular weight excluding hydrogens is 319 g/mol. The van der Waals surface area contributed by atoms with E-state index in [1.54, 1.807) is 0 Å². The average Bonchev–Trinajstić information content (AvgIpc) is 2.97. The Balaban J connectivity index is 1.62. The number of nitrogens with one attached hydrogen (secondary N) is 2. The molecule has 2 aromatic rings. The van der Waals surface area contributed by atoms with E-state index in [0.717, 1.165) is 56.6 Å². The van der Waals surface area contributed by atoms with Gasteiger partial charge in [0.2, 0.25) is 5.95 Å². The van der Waals surface area contributed by atoms with E-state index in [9.17, 15) is 4.39 Å². The van der Waals surface area contributed by atoms with Crippen LogP contribution in [0.25, 0.3) is 11.3 Å². The average molecular weight is 344 g/mol. The van der Waals surface area contributed by atoms with E-state index >= 15 is 0 Å². The molecule has 1 aliphatic heterocycles. The van der Waals surface area contributed by atoms with E-state index < -0.39 is 5.95 Å². The van der Waals surface area contributed by atoms with Crippen molar-refractivity contribution in [3.05, 3.63) is 29.3 Å². The summed E-state index contributed by atoms with van der Waals surface area (Å²) in [4.78, 5) is 4.02. The van der Waals surface area contributed by atoms with Gasteiger partial charge < -0.3 is 10.1 Å². The number of rotatable bonds is 3. The summed E-state index contributed by atoms with van der Waals surface area (Å²) in [5.41, 5.74) is 4.35. The molecule has 1 saturated heterocycles. The number of ether oxygens (including phenoxy) is 1. The third-order valence-corrected chi connectivity index (χ3v) is 5.30. The molecule has 0 aromatic carbocycles. The van der Waals surface area contributed by atoms with Crippen LogP contribution >= 0.6 is 0 Å². The Labute approximate surface area is 147 Å². The summed E-state index contributed by atoms with van der Waals surface area (Å²) in [6, 6.07) is 3.67. The third kappa shape index (κ3) is 3.54. The Morgan fingerprint density at radius 1 is 1.28 bits per heavy atom. The molecule has 0 amide bonds. The monoisotopic (exact) mass is 344 g/mol. The zero-order valence-electron chi connectivity index (χ0n) is 14.9. The molecule has 1 aliphatic carbocycles. The Kier molecular flexibility index (Phi) is 4.23. The number of aromatic nitrogens is 3. The topological polar surface area (TPSA) is 62.8 Å². The second-order valence-electron chi connectivity index (χ2n) is 7.97. The minimum atomic E-state index is -0.472.